The summed E-state index contributed by atoms with van der Waals surface area (Å²) in [6.07, 6.45) is 0.709. The van der Waals surface area contributed by atoms with E-state index in [1.54, 1.807) is 0 Å². The van der Waals surface area contributed by atoms with Crippen molar-refractivity contribution < 1.29 is 61.3 Å². The number of hydrogen-bond acceptors (Lipinski definition) is 2. The number of aliphatic carboxylic acids is 1. The molecule has 0 atom stereocenters. The van der Waals surface area contributed by atoms with Crippen molar-refractivity contribution in [3.05, 3.63) is 69.9 Å². The van der Waals surface area contributed by atoms with Crippen LogP contribution in [0.2, 0.25) is 5.02 Å². The number of halogens is 1. The second-order valence-corrected chi connectivity index (χ2v) is 6.50. The molecular weight excluding hydrogens is 361 g/mol. The average molecular weight is 380 g/mol. The van der Waals surface area contributed by atoms with Gasteiger partial charge < -0.3 is 14.5 Å². The second kappa shape index (κ2) is 8.85. The topological polar surface area (TPSA) is 45.1 Å². The summed E-state index contributed by atoms with van der Waals surface area (Å²) in [6, 6.07) is 13.9. The molecular formula is C20H19ClKNO2. The third-order valence-corrected chi connectivity index (χ3v) is 4.60. The first-order valence-corrected chi connectivity index (χ1v) is 8.42. The SMILES string of the molecule is CCc1c(CC(=O)[O-])c2cc(C)ccc2n1Cc1ccc(Cl)cc1.[K+]. The number of carbonyl (C=O) groups is 1. The molecule has 0 bridgehead atoms. The minimum Gasteiger partial charge on any atom is -0.550 e. The quantitative estimate of drug-likeness (QED) is 0.606. The van der Waals surface area contributed by atoms with Gasteiger partial charge in [-0.15, -0.1) is 0 Å². The van der Waals surface area contributed by atoms with Crippen molar-refractivity contribution in [3.63, 3.8) is 0 Å². The third kappa shape index (κ3) is 4.56. The van der Waals surface area contributed by atoms with Crippen molar-refractivity contribution >= 4 is 28.5 Å². The predicted molar refractivity (Wildman–Crippen MR) is 95.3 cm³/mol. The Labute approximate surface area is 195 Å². The van der Waals surface area contributed by atoms with Crippen LogP contribution in [0.4, 0.5) is 0 Å². The van der Waals surface area contributed by atoms with Gasteiger partial charge in [0.1, 0.15) is 0 Å². The normalized spacial score (nSPS) is 10.7. The van der Waals surface area contributed by atoms with E-state index in [0.717, 1.165) is 39.7 Å². The Hall–Kier alpha value is -0.624. The molecule has 0 spiro atoms. The molecule has 2 aromatic carbocycles. The molecule has 0 aliphatic rings. The van der Waals surface area contributed by atoms with Crippen LogP contribution in [0.5, 0.6) is 0 Å². The number of carbonyl (C=O) groups excluding carboxylic acids is 1. The summed E-state index contributed by atoms with van der Waals surface area (Å²) in [4.78, 5) is 11.2. The number of fused-ring (bicyclic) bond motifs is 1. The Bertz CT molecular complexity index is 900. The second-order valence-electron chi connectivity index (χ2n) is 6.06. The molecule has 124 valence electrons. The fourth-order valence-corrected chi connectivity index (χ4v) is 3.42. The van der Waals surface area contributed by atoms with E-state index in [-0.39, 0.29) is 57.8 Å². The van der Waals surface area contributed by atoms with Gasteiger partial charge in [0.15, 0.2) is 0 Å². The first kappa shape index (κ1) is 20.7. The monoisotopic (exact) mass is 379 g/mol. The van der Waals surface area contributed by atoms with Gasteiger partial charge in [0.25, 0.3) is 0 Å². The molecule has 5 heteroatoms. The van der Waals surface area contributed by atoms with E-state index in [0.29, 0.717) is 11.6 Å². The molecule has 0 amide bonds. The van der Waals surface area contributed by atoms with Crippen molar-refractivity contribution in [2.45, 2.75) is 33.2 Å². The van der Waals surface area contributed by atoms with Gasteiger partial charge >= 0.3 is 51.4 Å². The molecule has 1 heterocycles. The van der Waals surface area contributed by atoms with Crippen LogP contribution in [-0.4, -0.2) is 10.5 Å². The first-order chi connectivity index (χ1) is 11.5. The molecule has 0 fully saturated rings. The maximum atomic E-state index is 11.2. The van der Waals surface area contributed by atoms with Gasteiger partial charge in [-0.3, -0.25) is 0 Å². The largest absolute Gasteiger partial charge is 1.00 e. The van der Waals surface area contributed by atoms with Crippen molar-refractivity contribution in [2.24, 2.45) is 0 Å². The summed E-state index contributed by atoms with van der Waals surface area (Å²) in [5.41, 5.74) is 5.23. The van der Waals surface area contributed by atoms with Crippen LogP contribution < -0.4 is 56.5 Å². The van der Waals surface area contributed by atoms with E-state index in [4.69, 9.17) is 11.6 Å². The molecule has 0 N–H and O–H groups in total. The van der Waals surface area contributed by atoms with E-state index in [1.807, 2.05) is 31.2 Å². The van der Waals surface area contributed by atoms with Gasteiger partial charge in [0.05, 0.1) is 0 Å². The van der Waals surface area contributed by atoms with Gasteiger partial charge in [-0.2, -0.15) is 0 Å². The van der Waals surface area contributed by atoms with Crippen LogP contribution in [-0.2, 0) is 24.2 Å². The van der Waals surface area contributed by atoms with Gasteiger partial charge in [-0.1, -0.05) is 42.3 Å². The minimum atomic E-state index is -1.04. The molecule has 0 radical (unpaired) electrons. The molecule has 0 aliphatic heterocycles. The fourth-order valence-electron chi connectivity index (χ4n) is 3.29. The third-order valence-electron chi connectivity index (χ3n) is 4.35. The Balaban J connectivity index is 0.00000225. The van der Waals surface area contributed by atoms with Crippen molar-refractivity contribution in [3.8, 4) is 0 Å². The van der Waals surface area contributed by atoms with Gasteiger partial charge in [-0.25, -0.2) is 0 Å². The van der Waals surface area contributed by atoms with Crippen LogP contribution in [0.1, 0.15) is 29.3 Å². The molecule has 1 aromatic heterocycles. The molecule has 3 rings (SSSR count). The zero-order chi connectivity index (χ0) is 17.3. The van der Waals surface area contributed by atoms with E-state index in [1.165, 1.54) is 0 Å². The Morgan fingerprint density at radius 1 is 1.16 bits per heavy atom. The molecule has 0 aliphatic carbocycles. The summed E-state index contributed by atoms with van der Waals surface area (Å²) >= 11 is 5.97. The molecule has 3 nitrogen and oxygen atoms in total. The zero-order valence-electron chi connectivity index (χ0n) is 14.8. The van der Waals surface area contributed by atoms with E-state index >= 15 is 0 Å². The molecule has 0 unspecified atom stereocenters. The number of aromatic nitrogens is 1. The number of nitrogens with zero attached hydrogens (tertiary/aromatic N) is 1. The number of aryl methyl sites for hydroxylation is 1. The van der Waals surface area contributed by atoms with Crippen molar-refractivity contribution in [1.82, 2.24) is 4.57 Å². The summed E-state index contributed by atoms with van der Waals surface area (Å²) in [6.45, 7) is 4.76. The van der Waals surface area contributed by atoms with Crippen LogP contribution in [0.15, 0.2) is 42.5 Å². The number of hydrogen-bond donors (Lipinski definition) is 0. The van der Waals surface area contributed by atoms with Gasteiger partial charge in [0.2, 0.25) is 0 Å². The van der Waals surface area contributed by atoms with Crippen LogP contribution in [0.3, 0.4) is 0 Å². The molecule has 0 saturated heterocycles. The summed E-state index contributed by atoms with van der Waals surface area (Å²) in [7, 11) is 0. The minimum absolute atomic E-state index is 0. The Kier molecular flexibility index (Phi) is 7.32. The smallest absolute Gasteiger partial charge is 0.550 e. The maximum Gasteiger partial charge on any atom is 1.00 e. The van der Waals surface area contributed by atoms with Crippen molar-refractivity contribution in [1.29, 1.82) is 0 Å². The maximum absolute atomic E-state index is 11.2. The number of carboxylic acid groups (broad SMARTS) is 1. The average Bonchev–Trinajstić information content (AvgIpc) is 2.81. The molecule has 25 heavy (non-hydrogen) atoms. The summed E-state index contributed by atoms with van der Waals surface area (Å²) in [5.74, 6) is -1.04. The summed E-state index contributed by atoms with van der Waals surface area (Å²) < 4.78 is 2.20. The summed E-state index contributed by atoms with van der Waals surface area (Å²) in [5, 5.41) is 12.9. The van der Waals surface area contributed by atoms with Crippen LogP contribution in [0, 0.1) is 6.92 Å². The number of carboxylic acids is 1. The first-order valence-electron chi connectivity index (χ1n) is 8.04. The van der Waals surface area contributed by atoms with Gasteiger partial charge in [-0.05, 0) is 48.7 Å². The van der Waals surface area contributed by atoms with Crippen LogP contribution in [0.25, 0.3) is 10.9 Å². The predicted octanol–water partition coefficient (Wildman–Crippen LogP) is 0.510. The standard InChI is InChI=1S/C20H20ClNO2.K/c1-3-18-17(11-20(23)24)16-10-13(2)4-9-19(16)22(18)12-14-5-7-15(21)8-6-14;/h4-10H,3,11-12H2,1-2H3,(H,23,24);/q;+1/p-1. The van der Waals surface area contributed by atoms with E-state index < -0.39 is 5.97 Å². The fraction of sp³-hybridized carbons (Fsp3) is 0.250. The Morgan fingerprint density at radius 3 is 2.44 bits per heavy atom. The molecule has 0 saturated carbocycles. The molecule has 3 aromatic rings. The van der Waals surface area contributed by atoms with E-state index in [9.17, 15) is 9.90 Å². The van der Waals surface area contributed by atoms with Gasteiger partial charge in [0, 0.05) is 40.6 Å². The van der Waals surface area contributed by atoms with Crippen LogP contribution >= 0.6 is 11.6 Å². The number of benzene rings is 2. The van der Waals surface area contributed by atoms with Crippen molar-refractivity contribution in [2.75, 3.05) is 0 Å². The Morgan fingerprint density at radius 2 is 1.84 bits per heavy atom. The zero-order valence-corrected chi connectivity index (χ0v) is 18.7. The number of rotatable bonds is 5. The van der Waals surface area contributed by atoms with E-state index in [2.05, 4.69) is 29.7 Å².